The molecule has 1 rings (SSSR count). The van der Waals surface area contributed by atoms with Gasteiger partial charge in [0.25, 0.3) is 0 Å². The fourth-order valence-electron chi connectivity index (χ4n) is 1.93. The highest BCUT2D eigenvalue weighted by Gasteiger charge is 2.19. The van der Waals surface area contributed by atoms with Gasteiger partial charge in [-0.1, -0.05) is 25.4 Å². The quantitative estimate of drug-likeness (QED) is 0.849. The molecule has 0 spiro atoms. The number of rotatable bonds is 6. The van der Waals surface area contributed by atoms with E-state index in [0.717, 1.165) is 6.42 Å². The first-order chi connectivity index (χ1) is 8.76. The Hall–Kier alpha value is -0.620. The maximum atomic E-state index is 12.2. The summed E-state index contributed by atoms with van der Waals surface area (Å²) in [5.74, 6) is 0.413. The molecule has 0 aliphatic heterocycles. The van der Waals surface area contributed by atoms with Crippen LogP contribution >= 0.6 is 11.6 Å². The van der Waals surface area contributed by atoms with Gasteiger partial charge in [0.15, 0.2) is 0 Å². The lowest BCUT2D eigenvalue weighted by Gasteiger charge is -2.16. The molecule has 19 heavy (non-hydrogen) atoms. The molecule has 2 N–H and O–H groups in total. The molecule has 0 aliphatic carbocycles. The second-order valence-corrected chi connectivity index (χ2v) is 7.18. The number of sulfonamides is 1. The summed E-state index contributed by atoms with van der Waals surface area (Å²) >= 11 is 5.85. The van der Waals surface area contributed by atoms with Crippen molar-refractivity contribution in [3.8, 4) is 0 Å². The van der Waals surface area contributed by atoms with E-state index in [4.69, 9.17) is 16.7 Å². The molecule has 0 aliphatic rings. The summed E-state index contributed by atoms with van der Waals surface area (Å²) in [5, 5.41) is 9.47. The van der Waals surface area contributed by atoms with E-state index in [-0.39, 0.29) is 17.5 Å². The highest BCUT2D eigenvalue weighted by molar-refractivity contribution is 7.89. The van der Waals surface area contributed by atoms with Crippen LogP contribution in [0.15, 0.2) is 23.1 Å². The van der Waals surface area contributed by atoms with Crippen LogP contribution in [-0.4, -0.2) is 19.6 Å². The van der Waals surface area contributed by atoms with Crippen LogP contribution in [0.2, 0.25) is 5.02 Å². The highest BCUT2D eigenvalue weighted by atomic mass is 35.5. The lowest BCUT2D eigenvalue weighted by molar-refractivity contribution is 0.281. The Bertz CT molecular complexity index is 529. The van der Waals surface area contributed by atoms with Crippen LogP contribution in [0.1, 0.15) is 32.8 Å². The van der Waals surface area contributed by atoms with Crippen LogP contribution in [0, 0.1) is 5.92 Å². The minimum absolute atomic E-state index is 0.122. The van der Waals surface area contributed by atoms with Crippen molar-refractivity contribution in [2.24, 2.45) is 5.92 Å². The normalized spacial score (nSPS) is 13.8. The summed E-state index contributed by atoms with van der Waals surface area (Å²) in [4.78, 5) is 0.122. The second-order valence-electron chi connectivity index (χ2n) is 5.06. The van der Waals surface area contributed by atoms with Crippen molar-refractivity contribution in [3.05, 3.63) is 28.8 Å². The number of aliphatic hydroxyl groups is 1. The number of halogens is 1. The van der Waals surface area contributed by atoms with Gasteiger partial charge in [-0.05, 0) is 43.0 Å². The third-order valence-corrected chi connectivity index (χ3v) is 4.64. The van der Waals surface area contributed by atoms with Gasteiger partial charge in [-0.15, -0.1) is 0 Å². The van der Waals surface area contributed by atoms with Gasteiger partial charge < -0.3 is 5.11 Å². The van der Waals surface area contributed by atoms with Gasteiger partial charge in [-0.25, -0.2) is 13.1 Å². The molecule has 0 bridgehead atoms. The van der Waals surface area contributed by atoms with Gasteiger partial charge in [0, 0.05) is 11.1 Å². The van der Waals surface area contributed by atoms with Crippen LogP contribution in [0.3, 0.4) is 0 Å². The Kier molecular flexibility index (Phi) is 5.80. The van der Waals surface area contributed by atoms with Crippen LogP contribution in [0.4, 0.5) is 0 Å². The van der Waals surface area contributed by atoms with E-state index in [2.05, 4.69) is 4.72 Å². The minimum atomic E-state index is -3.57. The first-order valence-electron chi connectivity index (χ1n) is 6.18. The Morgan fingerprint density at radius 3 is 2.47 bits per heavy atom. The van der Waals surface area contributed by atoms with Gasteiger partial charge in [0.05, 0.1) is 11.5 Å². The van der Waals surface area contributed by atoms with E-state index < -0.39 is 10.0 Å². The fraction of sp³-hybridized carbons (Fsp3) is 0.538. The van der Waals surface area contributed by atoms with Gasteiger partial charge in [-0.2, -0.15) is 0 Å². The molecular weight excluding hydrogens is 286 g/mol. The predicted molar refractivity (Wildman–Crippen MR) is 76.6 cm³/mol. The molecule has 0 saturated heterocycles. The average molecular weight is 306 g/mol. The van der Waals surface area contributed by atoms with Crippen LogP contribution in [0.25, 0.3) is 0 Å². The monoisotopic (exact) mass is 305 g/mol. The third-order valence-electron chi connectivity index (χ3n) is 2.68. The molecule has 0 radical (unpaired) electrons. The minimum Gasteiger partial charge on any atom is -0.392 e. The number of hydrogen-bond donors (Lipinski definition) is 2. The Balaban J connectivity index is 2.94. The lowest BCUT2D eigenvalue weighted by atomic mass is 10.1. The topological polar surface area (TPSA) is 66.4 Å². The van der Waals surface area contributed by atoms with E-state index in [1.54, 1.807) is 0 Å². The molecule has 1 aromatic carbocycles. The molecule has 4 nitrogen and oxygen atoms in total. The van der Waals surface area contributed by atoms with E-state index in [1.807, 2.05) is 20.8 Å². The van der Waals surface area contributed by atoms with Crippen molar-refractivity contribution >= 4 is 21.6 Å². The molecular formula is C13H20ClNO3S. The zero-order valence-electron chi connectivity index (χ0n) is 11.4. The SMILES string of the molecule is CC(C)CC(C)NS(=O)(=O)c1ccc(Cl)c(CO)c1. The van der Waals surface area contributed by atoms with Gasteiger partial charge in [0.1, 0.15) is 0 Å². The second kappa shape index (κ2) is 6.70. The Morgan fingerprint density at radius 1 is 1.32 bits per heavy atom. The summed E-state index contributed by atoms with van der Waals surface area (Å²) in [6, 6.07) is 4.17. The predicted octanol–water partition coefficient (Wildman–Crippen LogP) is 2.55. The van der Waals surface area contributed by atoms with Crippen LogP contribution in [-0.2, 0) is 16.6 Å². The average Bonchev–Trinajstić information content (AvgIpc) is 2.27. The zero-order valence-corrected chi connectivity index (χ0v) is 12.9. The largest absolute Gasteiger partial charge is 0.392 e. The number of nitrogens with one attached hydrogen (secondary N) is 1. The van der Waals surface area contributed by atoms with Crippen molar-refractivity contribution < 1.29 is 13.5 Å². The molecule has 0 aromatic heterocycles. The fourth-order valence-corrected chi connectivity index (χ4v) is 3.41. The molecule has 0 heterocycles. The van der Waals surface area contributed by atoms with E-state index in [0.29, 0.717) is 16.5 Å². The molecule has 6 heteroatoms. The van der Waals surface area contributed by atoms with Crippen molar-refractivity contribution in [3.63, 3.8) is 0 Å². The van der Waals surface area contributed by atoms with Crippen molar-refractivity contribution in [2.75, 3.05) is 0 Å². The maximum Gasteiger partial charge on any atom is 0.240 e. The molecule has 1 aromatic rings. The number of aliphatic hydroxyl groups excluding tert-OH is 1. The zero-order chi connectivity index (χ0) is 14.6. The van der Waals surface area contributed by atoms with E-state index in [1.165, 1.54) is 18.2 Å². The summed E-state index contributed by atoms with van der Waals surface area (Å²) < 4.78 is 27.0. The number of benzene rings is 1. The highest BCUT2D eigenvalue weighted by Crippen LogP contribution is 2.21. The summed E-state index contributed by atoms with van der Waals surface area (Å²) in [6.07, 6.45) is 0.764. The van der Waals surface area contributed by atoms with Crippen LogP contribution in [0.5, 0.6) is 0 Å². The third kappa shape index (κ3) is 4.76. The molecule has 108 valence electrons. The van der Waals surface area contributed by atoms with Crippen molar-refractivity contribution in [2.45, 2.75) is 44.7 Å². The van der Waals surface area contributed by atoms with Gasteiger partial charge in [-0.3, -0.25) is 0 Å². The smallest absolute Gasteiger partial charge is 0.240 e. The molecule has 1 atom stereocenters. The first-order valence-corrected chi connectivity index (χ1v) is 8.04. The first kappa shape index (κ1) is 16.4. The summed E-state index contributed by atoms with van der Waals surface area (Å²) in [7, 11) is -3.57. The van der Waals surface area contributed by atoms with Crippen LogP contribution < -0.4 is 4.72 Å². The van der Waals surface area contributed by atoms with E-state index >= 15 is 0 Å². The maximum absolute atomic E-state index is 12.2. The molecule has 1 unspecified atom stereocenters. The lowest BCUT2D eigenvalue weighted by Crippen LogP contribution is -2.33. The van der Waals surface area contributed by atoms with Crippen molar-refractivity contribution in [1.29, 1.82) is 0 Å². The summed E-state index contributed by atoms with van der Waals surface area (Å²) in [6.45, 7) is 5.62. The number of hydrogen-bond acceptors (Lipinski definition) is 3. The summed E-state index contributed by atoms with van der Waals surface area (Å²) in [5.41, 5.74) is 0.404. The Labute approximate surface area is 119 Å². The standard InChI is InChI=1S/C13H20ClNO3S/c1-9(2)6-10(3)15-19(17,18)12-4-5-13(14)11(7-12)8-16/h4-5,7,9-10,15-16H,6,8H2,1-3H3. The Morgan fingerprint density at radius 2 is 1.95 bits per heavy atom. The molecule has 0 amide bonds. The molecule has 0 fully saturated rings. The van der Waals surface area contributed by atoms with Gasteiger partial charge >= 0.3 is 0 Å². The van der Waals surface area contributed by atoms with Crippen molar-refractivity contribution in [1.82, 2.24) is 4.72 Å². The van der Waals surface area contributed by atoms with Gasteiger partial charge in [0.2, 0.25) is 10.0 Å². The van der Waals surface area contributed by atoms with E-state index in [9.17, 15) is 8.42 Å². The molecule has 0 saturated carbocycles.